The van der Waals surface area contributed by atoms with Crippen molar-refractivity contribution in [1.82, 2.24) is 24.3 Å². The number of rotatable bonds is 2. The maximum Gasteiger partial charge on any atom is 0.407 e. The number of fused-ring (bicyclic) bond motifs is 3. The molecule has 3 aromatic heterocycles. The molecule has 2 N–H and O–H groups in total. The van der Waals surface area contributed by atoms with Gasteiger partial charge in [-0.2, -0.15) is 0 Å². The Labute approximate surface area is 126 Å². The van der Waals surface area contributed by atoms with Gasteiger partial charge in [-0.05, 0) is 12.0 Å². The first-order valence-electron chi connectivity index (χ1n) is 7.46. The lowest BCUT2D eigenvalue weighted by molar-refractivity contribution is 0.153. The average Bonchev–Trinajstić information content (AvgIpc) is 3.22. The number of likely N-dealkylation sites (tertiary alicyclic amines) is 1. The van der Waals surface area contributed by atoms with Crippen molar-refractivity contribution in [2.45, 2.75) is 19.3 Å². The normalized spacial score (nSPS) is 22.0. The lowest BCUT2D eigenvalue weighted by Crippen LogP contribution is -2.26. The monoisotopic (exact) mass is 299 g/mol. The maximum atomic E-state index is 11.3. The molecule has 7 heteroatoms. The molecule has 0 radical (unpaired) electrons. The van der Waals surface area contributed by atoms with Crippen LogP contribution in [0.1, 0.15) is 25.0 Å². The van der Waals surface area contributed by atoms with E-state index in [0.29, 0.717) is 19.0 Å². The van der Waals surface area contributed by atoms with Crippen LogP contribution in [0.2, 0.25) is 0 Å². The van der Waals surface area contributed by atoms with Gasteiger partial charge in [-0.1, -0.05) is 13.3 Å². The lowest BCUT2D eigenvalue weighted by atomic mass is 9.91. The van der Waals surface area contributed by atoms with Crippen molar-refractivity contribution in [2.75, 3.05) is 13.1 Å². The fourth-order valence-corrected chi connectivity index (χ4v) is 3.53. The van der Waals surface area contributed by atoms with Gasteiger partial charge in [0.25, 0.3) is 0 Å². The zero-order valence-electron chi connectivity index (χ0n) is 12.2. The number of hydrogen-bond acceptors (Lipinski definition) is 3. The van der Waals surface area contributed by atoms with Crippen LogP contribution in [0, 0.1) is 5.92 Å². The Balaban J connectivity index is 1.86. The van der Waals surface area contributed by atoms with Gasteiger partial charge >= 0.3 is 6.09 Å². The summed E-state index contributed by atoms with van der Waals surface area (Å²) in [6.07, 6.45) is 5.57. The Bertz CT molecular complexity index is 852. The predicted molar refractivity (Wildman–Crippen MR) is 81.0 cm³/mol. The number of carbonyl (C=O) groups is 1. The molecule has 3 aromatic rings. The molecule has 1 saturated heterocycles. The number of carboxylic acid groups (broad SMARTS) is 1. The van der Waals surface area contributed by atoms with E-state index >= 15 is 0 Å². The van der Waals surface area contributed by atoms with E-state index in [9.17, 15) is 9.90 Å². The van der Waals surface area contributed by atoms with Gasteiger partial charge in [-0.25, -0.2) is 14.8 Å². The van der Waals surface area contributed by atoms with Crippen LogP contribution < -0.4 is 0 Å². The van der Waals surface area contributed by atoms with Crippen molar-refractivity contribution in [3.05, 3.63) is 30.4 Å². The summed E-state index contributed by atoms with van der Waals surface area (Å²) in [7, 11) is 0. The summed E-state index contributed by atoms with van der Waals surface area (Å²) in [5.41, 5.74) is 3.66. The van der Waals surface area contributed by atoms with E-state index in [-0.39, 0.29) is 5.92 Å². The minimum atomic E-state index is -0.844. The van der Waals surface area contributed by atoms with Gasteiger partial charge in [-0.3, -0.25) is 4.40 Å². The van der Waals surface area contributed by atoms with Crippen LogP contribution in [0.15, 0.2) is 24.7 Å². The first-order chi connectivity index (χ1) is 10.7. The second-order valence-electron chi connectivity index (χ2n) is 5.81. The Hall–Kier alpha value is -2.57. The number of amides is 1. The summed E-state index contributed by atoms with van der Waals surface area (Å²) in [6.45, 7) is 3.22. The van der Waals surface area contributed by atoms with E-state index in [1.165, 1.54) is 4.90 Å². The molecule has 1 amide bonds. The number of aromatic nitrogens is 4. The Morgan fingerprint density at radius 3 is 3.05 bits per heavy atom. The second kappa shape index (κ2) is 4.72. The van der Waals surface area contributed by atoms with Crippen molar-refractivity contribution < 1.29 is 9.90 Å². The summed E-state index contributed by atoms with van der Waals surface area (Å²) < 4.78 is 2.09. The molecule has 22 heavy (non-hydrogen) atoms. The van der Waals surface area contributed by atoms with Crippen LogP contribution in [0.4, 0.5) is 4.79 Å². The van der Waals surface area contributed by atoms with E-state index in [2.05, 4.69) is 26.3 Å². The van der Waals surface area contributed by atoms with Gasteiger partial charge < -0.3 is 15.0 Å². The molecule has 4 heterocycles. The highest BCUT2D eigenvalue weighted by Gasteiger charge is 2.36. The molecule has 0 spiro atoms. The zero-order valence-corrected chi connectivity index (χ0v) is 12.2. The van der Waals surface area contributed by atoms with Crippen LogP contribution in [0.5, 0.6) is 0 Å². The molecule has 0 unspecified atom stereocenters. The molecule has 1 fully saturated rings. The predicted octanol–water partition coefficient (Wildman–Crippen LogP) is 2.31. The highest BCUT2D eigenvalue weighted by Crippen LogP contribution is 2.35. The highest BCUT2D eigenvalue weighted by molar-refractivity contribution is 5.74. The smallest absolute Gasteiger partial charge is 0.407 e. The van der Waals surface area contributed by atoms with Crippen molar-refractivity contribution in [3.8, 4) is 0 Å². The summed E-state index contributed by atoms with van der Waals surface area (Å²) in [5, 5.41) is 9.28. The van der Waals surface area contributed by atoms with Gasteiger partial charge in [-0.15, -0.1) is 0 Å². The van der Waals surface area contributed by atoms with Gasteiger partial charge in [0.1, 0.15) is 0 Å². The molecule has 0 saturated carbocycles. The summed E-state index contributed by atoms with van der Waals surface area (Å²) in [4.78, 5) is 24.7. The average molecular weight is 299 g/mol. The van der Waals surface area contributed by atoms with E-state index in [4.69, 9.17) is 0 Å². The number of imidazole rings is 1. The van der Waals surface area contributed by atoms with E-state index in [1.807, 2.05) is 18.5 Å². The molecule has 0 aromatic carbocycles. The topological polar surface area (TPSA) is 86.5 Å². The third-order valence-corrected chi connectivity index (χ3v) is 4.69. The Morgan fingerprint density at radius 1 is 1.41 bits per heavy atom. The fraction of sp³-hybridized carbons (Fsp3) is 0.400. The standard InChI is InChI=1S/C15H17N5O2/c1-2-9-7-19(15(21)22)8-10(9)12-5-17-13-6-18-14-11(20(12)13)3-4-16-14/h3-6,9-10,16H,2,7-8H2,1H3,(H,21,22)/t9-,10+/m1/s1. The number of nitrogens with zero attached hydrogens (tertiary/aromatic N) is 4. The third-order valence-electron chi connectivity index (χ3n) is 4.69. The summed E-state index contributed by atoms with van der Waals surface area (Å²) >= 11 is 0. The number of nitrogens with one attached hydrogen (secondary N) is 1. The largest absolute Gasteiger partial charge is 0.465 e. The maximum absolute atomic E-state index is 11.3. The Morgan fingerprint density at radius 2 is 2.27 bits per heavy atom. The quantitative estimate of drug-likeness (QED) is 0.760. The number of aromatic amines is 1. The van der Waals surface area contributed by atoms with Gasteiger partial charge in [0.15, 0.2) is 11.3 Å². The van der Waals surface area contributed by atoms with E-state index in [1.54, 1.807) is 6.20 Å². The molecule has 7 nitrogen and oxygen atoms in total. The molecule has 1 aliphatic heterocycles. The molecule has 4 rings (SSSR count). The lowest BCUT2D eigenvalue weighted by Gasteiger charge is -2.16. The van der Waals surface area contributed by atoms with E-state index < -0.39 is 6.09 Å². The fourth-order valence-electron chi connectivity index (χ4n) is 3.53. The van der Waals surface area contributed by atoms with Crippen LogP contribution in [0.3, 0.4) is 0 Å². The first kappa shape index (κ1) is 13.1. The first-order valence-corrected chi connectivity index (χ1v) is 7.46. The number of H-pyrrole nitrogens is 1. The third kappa shape index (κ3) is 1.78. The van der Waals surface area contributed by atoms with Crippen LogP contribution in [0.25, 0.3) is 16.8 Å². The molecular formula is C15H17N5O2. The van der Waals surface area contributed by atoms with Crippen molar-refractivity contribution >= 4 is 22.9 Å². The van der Waals surface area contributed by atoms with Crippen molar-refractivity contribution in [2.24, 2.45) is 5.92 Å². The molecule has 2 atom stereocenters. The van der Waals surface area contributed by atoms with Gasteiger partial charge in [0, 0.05) is 37.1 Å². The molecule has 1 aliphatic rings. The van der Waals surface area contributed by atoms with Crippen molar-refractivity contribution in [1.29, 1.82) is 0 Å². The van der Waals surface area contributed by atoms with Gasteiger partial charge in [0.2, 0.25) is 0 Å². The zero-order chi connectivity index (χ0) is 15.3. The Kier molecular flexibility index (Phi) is 2.82. The number of hydrogen-bond donors (Lipinski definition) is 2. The summed E-state index contributed by atoms with van der Waals surface area (Å²) in [5.74, 6) is 0.481. The molecule has 114 valence electrons. The summed E-state index contributed by atoms with van der Waals surface area (Å²) in [6, 6.07) is 1.98. The minimum absolute atomic E-state index is 0.164. The van der Waals surface area contributed by atoms with Crippen LogP contribution in [-0.2, 0) is 0 Å². The molecule has 0 bridgehead atoms. The SMILES string of the molecule is CC[C@@H]1CN(C(=O)O)C[C@@H]1c1cnc2cnc3[nH]ccc3n12. The van der Waals surface area contributed by atoms with Gasteiger partial charge in [0.05, 0.1) is 11.7 Å². The molecule has 0 aliphatic carbocycles. The second-order valence-corrected chi connectivity index (χ2v) is 5.81. The van der Waals surface area contributed by atoms with Crippen molar-refractivity contribution in [3.63, 3.8) is 0 Å². The van der Waals surface area contributed by atoms with Crippen LogP contribution in [-0.4, -0.2) is 48.5 Å². The minimum Gasteiger partial charge on any atom is -0.465 e. The highest BCUT2D eigenvalue weighted by atomic mass is 16.4. The van der Waals surface area contributed by atoms with Crippen LogP contribution >= 0.6 is 0 Å². The molecular weight excluding hydrogens is 282 g/mol. The van der Waals surface area contributed by atoms with E-state index in [0.717, 1.165) is 28.9 Å².